The standard InChI is InChI=1S/C29H24S4/c1-15-6-8-20(9-7-15)26-22-14-25(28-17(3)11-19(5)31-28)32-23(22)12-21-13-24(33-29(21)26)27-16(2)10-18(4)30-27/h6-14H,1-5H3. The molecule has 0 aliphatic rings. The first-order valence-electron chi connectivity index (χ1n) is 11.1. The number of benzene rings is 2. The molecule has 2 aromatic carbocycles. The Bertz CT molecular complexity index is 1550. The number of hydrogen-bond acceptors (Lipinski definition) is 4. The molecule has 6 aromatic rings. The van der Waals surface area contributed by atoms with Gasteiger partial charge in [-0.25, -0.2) is 0 Å². The summed E-state index contributed by atoms with van der Waals surface area (Å²) in [6.07, 6.45) is 0. The first-order chi connectivity index (χ1) is 15.9. The molecule has 0 fully saturated rings. The van der Waals surface area contributed by atoms with Gasteiger partial charge in [-0.2, -0.15) is 0 Å². The van der Waals surface area contributed by atoms with Crippen LogP contribution in [0.2, 0.25) is 0 Å². The molecule has 0 amide bonds. The average Bonchev–Trinajstić information content (AvgIpc) is 3.52. The van der Waals surface area contributed by atoms with Crippen molar-refractivity contribution < 1.29 is 0 Å². The molecule has 4 heteroatoms. The molecule has 0 saturated heterocycles. The van der Waals surface area contributed by atoms with Crippen molar-refractivity contribution in [1.82, 2.24) is 0 Å². The van der Waals surface area contributed by atoms with Gasteiger partial charge in [-0.3, -0.25) is 0 Å². The van der Waals surface area contributed by atoms with Gasteiger partial charge in [0.2, 0.25) is 0 Å². The summed E-state index contributed by atoms with van der Waals surface area (Å²) in [4.78, 5) is 8.36. The molecule has 0 nitrogen and oxygen atoms in total. The van der Waals surface area contributed by atoms with E-state index in [0.717, 1.165) is 0 Å². The van der Waals surface area contributed by atoms with E-state index in [9.17, 15) is 0 Å². The molecule has 0 bridgehead atoms. The Hall–Kier alpha value is -2.24. The molecule has 0 radical (unpaired) electrons. The van der Waals surface area contributed by atoms with Crippen molar-refractivity contribution in [2.75, 3.05) is 0 Å². The Morgan fingerprint density at radius 2 is 1.18 bits per heavy atom. The second-order valence-electron chi connectivity index (χ2n) is 8.91. The molecule has 6 rings (SSSR count). The molecule has 4 heterocycles. The number of aryl methyl sites for hydroxylation is 5. The van der Waals surface area contributed by atoms with Crippen molar-refractivity contribution in [2.45, 2.75) is 34.6 Å². The van der Waals surface area contributed by atoms with Gasteiger partial charge in [0.15, 0.2) is 0 Å². The zero-order valence-corrected chi connectivity index (χ0v) is 22.6. The third kappa shape index (κ3) is 3.60. The Kier molecular flexibility index (Phi) is 5.11. The lowest BCUT2D eigenvalue weighted by atomic mass is 9.99. The van der Waals surface area contributed by atoms with Gasteiger partial charge >= 0.3 is 0 Å². The predicted octanol–water partition coefficient (Wildman–Crippen LogP) is 10.8. The summed E-state index contributed by atoms with van der Waals surface area (Å²) in [5.41, 5.74) is 6.77. The SMILES string of the molecule is Cc1ccc(-c2c3cc(-c4sc(C)cc4C)sc3cc3cc(-c4sc(C)cc4C)sc23)cc1. The minimum absolute atomic E-state index is 1.30. The van der Waals surface area contributed by atoms with Gasteiger partial charge in [0.1, 0.15) is 0 Å². The molecular weight excluding hydrogens is 477 g/mol. The quantitative estimate of drug-likeness (QED) is 0.227. The van der Waals surface area contributed by atoms with Crippen LogP contribution in [0.5, 0.6) is 0 Å². The fraction of sp³-hybridized carbons (Fsp3) is 0.172. The fourth-order valence-electron chi connectivity index (χ4n) is 4.68. The van der Waals surface area contributed by atoms with Crippen molar-refractivity contribution >= 4 is 65.5 Å². The van der Waals surface area contributed by atoms with Crippen LogP contribution in [0.1, 0.15) is 26.4 Å². The Morgan fingerprint density at radius 3 is 1.76 bits per heavy atom. The molecule has 0 spiro atoms. The highest BCUT2D eigenvalue weighted by Gasteiger charge is 2.19. The van der Waals surface area contributed by atoms with E-state index in [2.05, 4.69) is 89.2 Å². The molecule has 164 valence electrons. The van der Waals surface area contributed by atoms with E-state index >= 15 is 0 Å². The normalized spacial score (nSPS) is 11.8. The molecule has 4 aromatic heterocycles. The van der Waals surface area contributed by atoms with E-state index in [1.807, 2.05) is 45.3 Å². The Labute approximate surface area is 210 Å². The highest BCUT2D eigenvalue weighted by atomic mass is 32.1. The molecule has 0 N–H and O–H groups in total. The van der Waals surface area contributed by atoms with Crippen LogP contribution < -0.4 is 0 Å². The summed E-state index contributed by atoms with van der Waals surface area (Å²) in [7, 11) is 0. The molecule has 0 unspecified atom stereocenters. The molecule has 0 atom stereocenters. The van der Waals surface area contributed by atoms with Gasteiger partial charge in [-0.1, -0.05) is 29.8 Å². The van der Waals surface area contributed by atoms with Crippen molar-refractivity contribution in [3.8, 4) is 30.6 Å². The van der Waals surface area contributed by atoms with Crippen LogP contribution >= 0.6 is 45.3 Å². The lowest BCUT2D eigenvalue weighted by Crippen LogP contribution is -1.80. The highest BCUT2D eigenvalue weighted by molar-refractivity contribution is 7.28. The van der Waals surface area contributed by atoms with Gasteiger partial charge in [0.05, 0.1) is 0 Å². The second kappa shape index (κ2) is 7.92. The summed E-state index contributed by atoms with van der Waals surface area (Å²) >= 11 is 7.70. The summed E-state index contributed by atoms with van der Waals surface area (Å²) in [5.74, 6) is 0. The third-order valence-electron chi connectivity index (χ3n) is 6.17. The number of hydrogen-bond donors (Lipinski definition) is 0. The van der Waals surface area contributed by atoms with Crippen molar-refractivity contribution in [2.24, 2.45) is 0 Å². The lowest BCUT2D eigenvalue weighted by Gasteiger charge is -2.07. The topological polar surface area (TPSA) is 0 Å². The van der Waals surface area contributed by atoms with Gasteiger partial charge in [0.25, 0.3) is 0 Å². The van der Waals surface area contributed by atoms with E-state index in [0.29, 0.717) is 0 Å². The maximum atomic E-state index is 2.44. The molecule has 0 saturated carbocycles. The second-order valence-corrected chi connectivity index (χ2v) is 13.6. The summed E-state index contributed by atoms with van der Waals surface area (Å²) < 4.78 is 2.78. The van der Waals surface area contributed by atoms with Gasteiger partial charge in [0, 0.05) is 49.6 Å². The maximum absolute atomic E-state index is 2.44. The Balaban J connectivity index is 1.65. The average molecular weight is 501 g/mol. The van der Waals surface area contributed by atoms with Crippen LogP contribution in [0.25, 0.3) is 50.8 Å². The van der Waals surface area contributed by atoms with Crippen LogP contribution in [0.4, 0.5) is 0 Å². The maximum Gasteiger partial charge on any atom is 0.0475 e. The predicted molar refractivity (Wildman–Crippen MR) is 153 cm³/mol. The van der Waals surface area contributed by atoms with Crippen molar-refractivity contribution in [1.29, 1.82) is 0 Å². The summed E-state index contributed by atoms with van der Waals surface area (Å²) in [5, 5.41) is 2.74. The van der Waals surface area contributed by atoms with E-state index in [-0.39, 0.29) is 0 Å². The zero-order valence-electron chi connectivity index (χ0n) is 19.3. The summed E-state index contributed by atoms with van der Waals surface area (Å²) in [6, 6.07) is 20.9. The van der Waals surface area contributed by atoms with Crippen LogP contribution in [0.15, 0.2) is 54.6 Å². The molecule has 33 heavy (non-hydrogen) atoms. The fourth-order valence-corrected chi connectivity index (χ4v) is 9.41. The first kappa shape index (κ1) is 21.3. The molecular formula is C29H24S4. The van der Waals surface area contributed by atoms with Gasteiger partial charge in [-0.15, -0.1) is 45.3 Å². The largest absolute Gasteiger partial charge is 0.139 e. The first-order valence-corrected chi connectivity index (χ1v) is 14.4. The monoisotopic (exact) mass is 500 g/mol. The zero-order chi connectivity index (χ0) is 22.9. The van der Waals surface area contributed by atoms with Crippen LogP contribution in [0.3, 0.4) is 0 Å². The minimum Gasteiger partial charge on any atom is -0.139 e. The minimum atomic E-state index is 1.30. The lowest BCUT2D eigenvalue weighted by molar-refractivity contribution is 1.48. The van der Waals surface area contributed by atoms with Crippen LogP contribution in [0, 0.1) is 34.6 Å². The number of fused-ring (bicyclic) bond motifs is 2. The van der Waals surface area contributed by atoms with E-state index in [4.69, 9.17) is 0 Å². The van der Waals surface area contributed by atoms with Crippen LogP contribution in [-0.2, 0) is 0 Å². The van der Waals surface area contributed by atoms with E-state index in [1.54, 1.807) is 0 Å². The van der Waals surface area contributed by atoms with Crippen LogP contribution in [-0.4, -0.2) is 0 Å². The molecule has 0 aliphatic heterocycles. The van der Waals surface area contributed by atoms with Crippen molar-refractivity contribution in [3.05, 3.63) is 81.0 Å². The van der Waals surface area contributed by atoms with E-state index < -0.39 is 0 Å². The van der Waals surface area contributed by atoms with Gasteiger partial charge < -0.3 is 0 Å². The van der Waals surface area contributed by atoms with Gasteiger partial charge in [-0.05, 0) is 87.0 Å². The third-order valence-corrected chi connectivity index (χ3v) is 11.1. The smallest absolute Gasteiger partial charge is 0.0475 e. The van der Waals surface area contributed by atoms with E-state index in [1.165, 1.54) is 77.3 Å². The Morgan fingerprint density at radius 1 is 0.576 bits per heavy atom. The highest BCUT2D eigenvalue weighted by Crippen LogP contribution is 2.49. The van der Waals surface area contributed by atoms with Crippen molar-refractivity contribution in [3.63, 3.8) is 0 Å². The number of rotatable bonds is 3. The molecule has 0 aliphatic carbocycles. The number of thiophene rings is 4. The summed E-state index contributed by atoms with van der Waals surface area (Å²) in [6.45, 7) is 11.0.